The number of hydrogen-bond donors (Lipinski definition) is 0. The van der Waals surface area contributed by atoms with Crippen molar-refractivity contribution in [3.63, 3.8) is 0 Å². The van der Waals surface area contributed by atoms with Gasteiger partial charge in [0.2, 0.25) is 0 Å². The third-order valence-corrected chi connectivity index (χ3v) is 2.95. The summed E-state index contributed by atoms with van der Waals surface area (Å²) in [5.74, 6) is 0.639. The molecule has 1 rings (SSSR count). The van der Waals surface area contributed by atoms with Gasteiger partial charge in [0, 0.05) is 6.20 Å². The number of rotatable bonds is 2. The van der Waals surface area contributed by atoms with Crippen molar-refractivity contribution in [1.29, 1.82) is 0 Å². The van der Waals surface area contributed by atoms with Crippen molar-refractivity contribution in [2.45, 2.75) is 20.3 Å². The molecular weight excluding hydrogens is 237 g/mol. The van der Waals surface area contributed by atoms with Gasteiger partial charge >= 0.3 is 0 Å². The molecule has 12 heavy (non-hydrogen) atoms. The minimum atomic E-state index is 0.549. The van der Waals surface area contributed by atoms with Crippen LogP contribution in [-0.2, 0) is 6.42 Å². The molecule has 0 saturated carbocycles. The van der Waals surface area contributed by atoms with Crippen LogP contribution in [-0.4, -0.2) is 4.98 Å². The molecule has 1 aromatic heterocycles. The summed E-state index contributed by atoms with van der Waals surface area (Å²) in [6, 6.07) is 2.00. The van der Waals surface area contributed by atoms with Gasteiger partial charge in [-0.2, -0.15) is 0 Å². The number of hydrogen-bond acceptors (Lipinski definition) is 1. The lowest BCUT2D eigenvalue weighted by Gasteiger charge is -2.07. The van der Waals surface area contributed by atoms with Crippen LogP contribution in [0.4, 0.5) is 0 Å². The molecule has 0 fully saturated rings. The smallest absolute Gasteiger partial charge is 0.143 e. The van der Waals surface area contributed by atoms with Gasteiger partial charge in [0.05, 0.1) is 4.47 Å². The Bertz CT molecular complexity index is 273. The van der Waals surface area contributed by atoms with Crippen LogP contribution in [0.25, 0.3) is 0 Å². The highest BCUT2D eigenvalue weighted by molar-refractivity contribution is 9.10. The molecule has 0 atom stereocenters. The standard InChI is InChI=1S/C9H11BrClN/c1-6(2)5-7-3-4-12-9(11)8(7)10/h3-4,6H,5H2,1-2H3. The molecule has 0 aliphatic rings. The summed E-state index contributed by atoms with van der Waals surface area (Å²) >= 11 is 9.25. The zero-order chi connectivity index (χ0) is 9.14. The molecule has 0 aromatic carbocycles. The summed E-state index contributed by atoms with van der Waals surface area (Å²) in [6.07, 6.45) is 2.77. The van der Waals surface area contributed by atoms with Crippen LogP contribution in [0.15, 0.2) is 16.7 Å². The van der Waals surface area contributed by atoms with Gasteiger partial charge in [-0.1, -0.05) is 25.4 Å². The summed E-state index contributed by atoms with van der Waals surface area (Å²) in [7, 11) is 0. The SMILES string of the molecule is CC(C)Cc1ccnc(Cl)c1Br. The van der Waals surface area contributed by atoms with E-state index in [0.717, 1.165) is 10.9 Å². The highest BCUT2D eigenvalue weighted by atomic mass is 79.9. The summed E-state index contributed by atoms with van der Waals surface area (Å²) in [4.78, 5) is 3.97. The Morgan fingerprint density at radius 1 is 1.58 bits per heavy atom. The Kier molecular flexibility index (Phi) is 3.53. The second-order valence-electron chi connectivity index (χ2n) is 3.17. The van der Waals surface area contributed by atoms with Crippen molar-refractivity contribution < 1.29 is 0 Å². The van der Waals surface area contributed by atoms with Crippen LogP contribution in [0, 0.1) is 5.92 Å². The molecule has 0 N–H and O–H groups in total. The van der Waals surface area contributed by atoms with Crippen LogP contribution in [0.1, 0.15) is 19.4 Å². The van der Waals surface area contributed by atoms with E-state index >= 15 is 0 Å². The summed E-state index contributed by atoms with van der Waals surface area (Å²) in [5, 5.41) is 0.549. The van der Waals surface area contributed by atoms with Gasteiger partial charge in [0.15, 0.2) is 0 Å². The predicted octanol–water partition coefficient (Wildman–Crippen LogP) is 3.70. The first-order valence-corrected chi connectivity index (χ1v) is 5.07. The molecule has 0 aliphatic carbocycles. The first-order valence-electron chi connectivity index (χ1n) is 3.90. The van der Waals surface area contributed by atoms with Crippen LogP contribution < -0.4 is 0 Å². The van der Waals surface area contributed by atoms with Gasteiger partial charge in [-0.25, -0.2) is 4.98 Å². The maximum absolute atomic E-state index is 5.84. The molecule has 0 radical (unpaired) electrons. The molecule has 66 valence electrons. The zero-order valence-electron chi connectivity index (χ0n) is 7.14. The topological polar surface area (TPSA) is 12.9 Å². The minimum absolute atomic E-state index is 0.549. The average molecular weight is 249 g/mol. The van der Waals surface area contributed by atoms with Crippen LogP contribution in [0.2, 0.25) is 5.15 Å². The van der Waals surface area contributed by atoms with Crippen molar-refractivity contribution in [2.75, 3.05) is 0 Å². The fourth-order valence-electron chi connectivity index (χ4n) is 1.05. The lowest BCUT2D eigenvalue weighted by atomic mass is 10.0. The molecule has 1 heterocycles. The Morgan fingerprint density at radius 2 is 2.25 bits per heavy atom. The monoisotopic (exact) mass is 247 g/mol. The Morgan fingerprint density at radius 3 is 2.83 bits per heavy atom. The summed E-state index contributed by atoms with van der Waals surface area (Å²) in [6.45, 7) is 4.36. The van der Waals surface area contributed by atoms with E-state index in [1.54, 1.807) is 6.20 Å². The molecule has 0 spiro atoms. The van der Waals surface area contributed by atoms with Gasteiger partial charge in [-0.3, -0.25) is 0 Å². The highest BCUT2D eigenvalue weighted by Gasteiger charge is 2.05. The van der Waals surface area contributed by atoms with Gasteiger partial charge < -0.3 is 0 Å². The fraction of sp³-hybridized carbons (Fsp3) is 0.444. The van der Waals surface area contributed by atoms with Gasteiger partial charge in [-0.15, -0.1) is 0 Å². The molecule has 0 unspecified atom stereocenters. The van der Waals surface area contributed by atoms with Crippen LogP contribution in [0.5, 0.6) is 0 Å². The summed E-state index contributed by atoms with van der Waals surface area (Å²) in [5.41, 5.74) is 1.23. The third-order valence-electron chi connectivity index (χ3n) is 1.55. The lowest BCUT2D eigenvalue weighted by Crippen LogP contribution is -1.95. The van der Waals surface area contributed by atoms with Gasteiger partial charge in [0.25, 0.3) is 0 Å². The van der Waals surface area contributed by atoms with Crippen LogP contribution in [0.3, 0.4) is 0 Å². The number of aromatic nitrogens is 1. The quantitative estimate of drug-likeness (QED) is 0.727. The Hall–Kier alpha value is -0.0800. The zero-order valence-corrected chi connectivity index (χ0v) is 9.48. The van der Waals surface area contributed by atoms with E-state index in [9.17, 15) is 0 Å². The second-order valence-corrected chi connectivity index (χ2v) is 4.32. The fourth-order valence-corrected chi connectivity index (χ4v) is 1.63. The van der Waals surface area contributed by atoms with Crippen molar-refractivity contribution in [3.05, 3.63) is 27.5 Å². The van der Waals surface area contributed by atoms with E-state index < -0.39 is 0 Å². The van der Waals surface area contributed by atoms with Crippen molar-refractivity contribution in [3.8, 4) is 0 Å². The highest BCUT2D eigenvalue weighted by Crippen LogP contribution is 2.25. The van der Waals surface area contributed by atoms with Crippen molar-refractivity contribution >= 4 is 27.5 Å². The first-order chi connectivity index (χ1) is 5.61. The second kappa shape index (κ2) is 4.24. The van der Waals surface area contributed by atoms with E-state index in [0.29, 0.717) is 11.1 Å². The maximum atomic E-state index is 5.84. The maximum Gasteiger partial charge on any atom is 0.143 e. The molecule has 1 nitrogen and oxygen atoms in total. The first kappa shape index (κ1) is 10.0. The third kappa shape index (κ3) is 2.46. The molecule has 0 amide bonds. The number of pyridine rings is 1. The average Bonchev–Trinajstić information content (AvgIpc) is 1.98. The molecule has 1 aromatic rings. The van der Waals surface area contributed by atoms with Crippen LogP contribution >= 0.6 is 27.5 Å². The number of halogens is 2. The van der Waals surface area contributed by atoms with Crippen molar-refractivity contribution in [1.82, 2.24) is 4.98 Å². The van der Waals surface area contributed by atoms with E-state index in [4.69, 9.17) is 11.6 Å². The molecule has 3 heteroatoms. The van der Waals surface area contributed by atoms with Gasteiger partial charge in [-0.05, 0) is 39.9 Å². The van der Waals surface area contributed by atoms with E-state index in [-0.39, 0.29) is 0 Å². The Balaban J connectivity index is 2.92. The predicted molar refractivity (Wildman–Crippen MR) is 55.5 cm³/mol. The molecular formula is C9H11BrClN. The molecule has 0 aliphatic heterocycles. The van der Waals surface area contributed by atoms with Crippen molar-refractivity contribution in [2.24, 2.45) is 5.92 Å². The summed E-state index contributed by atoms with van der Waals surface area (Å²) < 4.78 is 0.931. The van der Waals surface area contributed by atoms with E-state index in [2.05, 4.69) is 34.8 Å². The van der Waals surface area contributed by atoms with E-state index in [1.165, 1.54) is 5.56 Å². The lowest BCUT2D eigenvalue weighted by molar-refractivity contribution is 0.645. The molecule has 0 saturated heterocycles. The Labute approximate surface area is 86.3 Å². The largest absolute Gasteiger partial charge is 0.243 e. The molecule has 0 bridgehead atoms. The van der Waals surface area contributed by atoms with Gasteiger partial charge in [0.1, 0.15) is 5.15 Å². The van der Waals surface area contributed by atoms with E-state index in [1.807, 2.05) is 6.07 Å². The number of nitrogens with zero attached hydrogens (tertiary/aromatic N) is 1. The minimum Gasteiger partial charge on any atom is -0.243 e. The normalized spacial score (nSPS) is 10.8.